The topological polar surface area (TPSA) is 40.6 Å². The van der Waals surface area contributed by atoms with E-state index in [1.165, 1.54) is 22.6 Å². The fourth-order valence-corrected chi connectivity index (χ4v) is 6.13. The maximum atomic E-state index is 13.7. The lowest BCUT2D eigenvalue weighted by Crippen LogP contribution is -2.47. The van der Waals surface area contributed by atoms with Gasteiger partial charge in [-0.15, -0.1) is 11.3 Å². The Morgan fingerprint density at radius 1 is 1.06 bits per heavy atom. The number of carbonyl (C=O) groups is 2. The average Bonchev–Trinajstić information content (AvgIpc) is 3.55. The van der Waals surface area contributed by atoms with Crippen LogP contribution in [0.1, 0.15) is 59.7 Å². The first-order chi connectivity index (χ1) is 17.1. The molecule has 4 nitrogen and oxygen atoms in total. The Kier molecular flexibility index (Phi) is 7.00. The molecule has 5 rings (SSSR count). The zero-order chi connectivity index (χ0) is 24.4. The van der Waals surface area contributed by atoms with Gasteiger partial charge in [-0.25, -0.2) is 4.39 Å². The zero-order valence-corrected chi connectivity index (χ0v) is 20.8. The van der Waals surface area contributed by atoms with Crippen LogP contribution < -0.4 is 0 Å². The SMILES string of the molecule is CCCCN(CC(=O)N1CCc2sccc2C1c1ccc(F)cc1)C(=O)C1CC1c1ccccc1. The molecule has 2 heterocycles. The summed E-state index contributed by atoms with van der Waals surface area (Å²) >= 11 is 1.70. The Balaban J connectivity index is 1.35. The van der Waals surface area contributed by atoms with Crippen molar-refractivity contribution < 1.29 is 14.0 Å². The van der Waals surface area contributed by atoms with Crippen LogP contribution in [0.25, 0.3) is 0 Å². The third-order valence-corrected chi connectivity index (χ3v) is 8.22. The van der Waals surface area contributed by atoms with Crippen LogP contribution in [0.2, 0.25) is 0 Å². The molecule has 3 atom stereocenters. The molecule has 6 heteroatoms. The Morgan fingerprint density at radius 2 is 1.83 bits per heavy atom. The second kappa shape index (κ2) is 10.3. The van der Waals surface area contributed by atoms with Gasteiger partial charge in [0.1, 0.15) is 5.82 Å². The summed E-state index contributed by atoms with van der Waals surface area (Å²) in [4.78, 5) is 32.1. The molecule has 0 spiro atoms. The molecule has 1 aliphatic carbocycles. The van der Waals surface area contributed by atoms with Crippen LogP contribution in [-0.2, 0) is 16.0 Å². The van der Waals surface area contributed by atoms with Crippen molar-refractivity contribution in [1.29, 1.82) is 0 Å². The van der Waals surface area contributed by atoms with Gasteiger partial charge in [-0.05, 0) is 65.4 Å². The van der Waals surface area contributed by atoms with E-state index in [1.807, 2.05) is 23.1 Å². The van der Waals surface area contributed by atoms with Crippen LogP contribution in [0.5, 0.6) is 0 Å². The molecule has 0 radical (unpaired) electrons. The molecule has 2 aromatic carbocycles. The van der Waals surface area contributed by atoms with Gasteiger partial charge in [0.25, 0.3) is 0 Å². The third-order valence-electron chi connectivity index (χ3n) is 7.23. The first-order valence-corrected chi connectivity index (χ1v) is 13.4. The monoisotopic (exact) mass is 490 g/mol. The summed E-state index contributed by atoms with van der Waals surface area (Å²) in [6.07, 6.45) is 3.49. The first-order valence-electron chi connectivity index (χ1n) is 12.5. The van der Waals surface area contributed by atoms with Crippen molar-refractivity contribution in [2.45, 2.75) is 44.6 Å². The van der Waals surface area contributed by atoms with Gasteiger partial charge in [-0.2, -0.15) is 0 Å². The molecule has 3 unspecified atom stereocenters. The van der Waals surface area contributed by atoms with Crippen molar-refractivity contribution in [2.24, 2.45) is 5.92 Å². The van der Waals surface area contributed by atoms with Crippen molar-refractivity contribution in [3.05, 3.63) is 93.4 Å². The summed E-state index contributed by atoms with van der Waals surface area (Å²) in [5, 5.41) is 2.06. The largest absolute Gasteiger partial charge is 0.333 e. The van der Waals surface area contributed by atoms with Crippen molar-refractivity contribution >= 4 is 23.2 Å². The van der Waals surface area contributed by atoms with Crippen LogP contribution in [-0.4, -0.2) is 41.2 Å². The number of carbonyl (C=O) groups excluding carboxylic acids is 2. The van der Waals surface area contributed by atoms with Crippen LogP contribution in [0, 0.1) is 11.7 Å². The molecule has 35 heavy (non-hydrogen) atoms. The van der Waals surface area contributed by atoms with Gasteiger partial charge in [0.05, 0.1) is 12.6 Å². The minimum Gasteiger partial charge on any atom is -0.333 e. The Labute approximate surface area is 210 Å². The predicted octanol–water partition coefficient (Wildman–Crippen LogP) is 5.79. The van der Waals surface area contributed by atoms with E-state index in [4.69, 9.17) is 0 Å². The van der Waals surface area contributed by atoms with Gasteiger partial charge in [-0.1, -0.05) is 55.8 Å². The molecular formula is C29H31FN2O2S. The Hall–Kier alpha value is -2.99. The highest BCUT2D eigenvalue weighted by molar-refractivity contribution is 7.10. The molecule has 2 aliphatic rings. The highest BCUT2D eigenvalue weighted by Crippen LogP contribution is 2.48. The first kappa shape index (κ1) is 23.7. The van der Waals surface area contributed by atoms with Crippen molar-refractivity contribution in [1.82, 2.24) is 9.80 Å². The quantitative estimate of drug-likeness (QED) is 0.401. The summed E-state index contributed by atoms with van der Waals surface area (Å²) in [5.74, 6) is -0.0375. The molecule has 0 N–H and O–H groups in total. The number of nitrogens with zero attached hydrogens (tertiary/aromatic N) is 2. The fraction of sp³-hybridized carbons (Fsp3) is 0.379. The van der Waals surface area contributed by atoms with Gasteiger partial charge in [0.2, 0.25) is 11.8 Å². The number of fused-ring (bicyclic) bond motifs is 1. The zero-order valence-electron chi connectivity index (χ0n) is 20.0. The molecular weight excluding hydrogens is 459 g/mol. The summed E-state index contributed by atoms with van der Waals surface area (Å²) in [5.41, 5.74) is 3.21. The van der Waals surface area contributed by atoms with Gasteiger partial charge in [0.15, 0.2) is 0 Å². The van der Waals surface area contributed by atoms with E-state index in [0.29, 0.717) is 13.1 Å². The molecule has 2 amide bonds. The van der Waals surface area contributed by atoms with E-state index in [2.05, 4.69) is 30.5 Å². The Morgan fingerprint density at radius 3 is 2.57 bits per heavy atom. The molecule has 1 aliphatic heterocycles. The maximum absolute atomic E-state index is 13.7. The number of unbranched alkanes of at least 4 members (excludes halogenated alkanes) is 1. The number of benzene rings is 2. The minimum atomic E-state index is -0.290. The number of hydrogen-bond acceptors (Lipinski definition) is 3. The summed E-state index contributed by atoms with van der Waals surface area (Å²) in [6, 6.07) is 18.4. The molecule has 182 valence electrons. The van der Waals surface area contributed by atoms with Gasteiger partial charge in [0, 0.05) is 23.9 Å². The van der Waals surface area contributed by atoms with Crippen LogP contribution in [0.15, 0.2) is 66.0 Å². The number of rotatable bonds is 8. The van der Waals surface area contributed by atoms with Crippen LogP contribution in [0.4, 0.5) is 4.39 Å². The van der Waals surface area contributed by atoms with E-state index in [9.17, 15) is 14.0 Å². The van der Waals surface area contributed by atoms with Crippen molar-refractivity contribution in [3.8, 4) is 0 Å². The standard InChI is InChI=1S/C29H31FN2O2S/c1-2-3-15-31(29(34)25-18-24(25)20-7-5-4-6-8-20)19-27(33)32-16-13-26-23(14-17-35-26)28(32)21-9-11-22(30)12-10-21/h4-12,14,17,24-25,28H,2-3,13,15-16,18-19H2,1H3. The van der Waals surface area contributed by atoms with Crippen LogP contribution in [0.3, 0.4) is 0 Å². The number of halogens is 1. The van der Waals surface area contributed by atoms with E-state index in [0.717, 1.165) is 36.8 Å². The minimum absolute atomic E-state index is 0.0419. The van der Waals surface area contributed by atoms with Gasteiger partial charge >= 0.3 is 0 Å². The van der Waals surface area contributed by atoms with Crippen molar-refractivity contribution in [2.75, 3.05) is 19.6 Å². The number of hydrogen-bond donors (Lipinski definition) is 0. The van der Waals surface area contributed by atoms with Gasteiger partial charge in [-0.3, -0.25) is 9.59 Å². The van der Waals surface area contributed by atoms with E-state index < -0.39 is 0 Å². The number of amides is 2. The fourth-order valence-electron chi connectivity index (χ4n) is 5.23. The van der Waals surface area contributed by atoms with Crippen LogP contribution >= 0.6 is 11.3 Å². The lowest BCUT2D eigenvalue weighted by atomic mass is 9.93. The molecule has 3 aromatic rings. The lowest BCUT2D eigenvalue weighted by Gasteiger charge is -2.37. The third kappa shape index (κ3) is 5.03. The second-order valence-corrected chi connectivity index (χ2v) is 10.6. The highest BCUT2D eigenvalue weighted by atomic mass is 32.1. The molecule has 1 saturated carbocycles. The van der Waals surface area contributed by atoms with E-state index in [-0.39, 0.29) is 42.1 Å². The lowest BCUT2D eigenvalue weighted by molar-refractivity contribution is -0.142. The molecule has 1 fully saturated rings. The summed E-state index contributed by atoms with van der Waals surface area (Å²) in [7, 11) is 0. The van der Waals surface area contributed by atoms with E-state index in [1.54, 1.807) is 28.4 Å². The van der Waals surface area contributed by atoms with E-state index >= 15 is 0 Å². The second-order valence-electron chi connectivity index (χ2n) is 9.56. The number of thiophene rings is 1. The average molecular weight is 491 g/mol. The molecule has 0 bridgehead atoms. The van der Waals surface area contributed by atoms with Crippen molar-refractivity contribution in [3.63, 3.8) is 0 Å². The summed E-state index contributed by atoms with van der Waals surface area (Å²) < 4.78 is 13.6. The molecule has 1 aromatic heterocycles. The molecule has 0 saturated heterocycles. The maximum Gasteiger partial charge on any atom is 0.242 e. The smallest absolute Gasteiger partial charge is 0.242 e. The Bertz CT molecular complexity index is 1180. The normalized spacial score (nSPS) is 20.9. The highest BCUT2D eigenvalue weighted by Gasteiger charge is 2.46. The summed E-state index contributed by atoms with van der Waals surface area (Å²) in [6.45, 7) is 3.38. The van der Waals surface area contributed by atoms with Gasteiger partial charge < -0.3 is 9.80 Å². The predicted molar refractivity (Wildman–Crippen MR) is 137 cm³/mol.